The summed E-state index contributed by atoms with van der Waals surface area (Å²) < 4.78 is 44.4. The molecule has 0 radical (unpaired) electrons. The van der Waals surface area contributed by atoms with Crippen LogP contribution in [0.4, 0.5) is 5.69 Å². The van der Waals surface area contributed by atoms with Gasteiger partial charge >= 0.3 is 35.4 Å². The van der Waals surface area contributed by atoms with Crippen LogP contribution < -0.4 is 14.6 Å². The van der Waals surface area contributed by atoms with Crippen LogP contribution in [-0.2, 0) is 16.7 Å². The molecule has 0 bridgehead atoms. The van der Waals surface area contributed by atoms with E-state index in [9.17, 15) is 8.42 Å². The molecular formula is C20H21N2NaO6S. The van der Waals surface area contributed by atoms with Gasteiger partial charge in [0.1, 0.15) is 0 Å². The third-order valence-electron chi connectivity index (χ3n) is 4.27. The summed E-state index contributed by atoms with van der Waals surface area (Å²) in [6, 6.07) is 15.2. The van der Waals surface area contributed by atoms with Gasteiger partial charge in [-0.25, -0.2) is 0 Å². The molecule has 3 N–H and O–H groups in total. The summed E-state index contributed by atoms with van der Waals surface area (Å²) in [7, 11) is -3.99. The van der Waals surface area contributed by atoms with Gasteiger partial charge in [0.15, 0.2) is 18.2 Å². The molecule has 0 spiro atoms. The van der Waals surface area contributed by atoms with Gasteiger partial charge in [0.2, 0.25) is 5.58 Å². The van der Waals surface area contributed by atoms with Crippen molar-refractivity contribution in [3.63, 3.8) is 0 Å². The SMILES string of the molecule is O=S(=O)(O)CCC[n+]1c(C=CC=C2Nc3ccccc3O2)oc2ccccc21.[NaH].[OH-]. The minimum atomic E-state index is -3.99. The van der Waals surface area contributed by atoms with Crippen molar-refractivity contribution in [2.45, 2.75) is 13.0 Å². The van der Waals surface area contributed by atoms with E-state index in [0.29, 0.717) is 23.9 Å². The van der Waals surface area contributed by atoms with Crippen molar-refractivity contribution >= 4 is 62.5 Å². The summed E-state index contributed by atoms with van der Waals surface area (Å²) in [6.07, 6.45) is 5.64. The summed E-state index contributed by atoms with van der Waals surface area (Å²) >= 11 is 0. The maximum absolute atomic E-state index is 11.0. The van der Waals surface area contributed by atoms with Crippen molar-refractivity contribution in [2.24, 2.45) is 0 Å². The average molecular weight is 440 g/mol. The van der Waals surface area contributed by atoms with Gasteiger partial charge < -0.3 is 19.9 Å². The first kappa shape index (κ1) is 24.1. The predicted molar refractivity (Wildman–Crippen MR) is 114 cm³/mol. The number of aryl methyl sites for hydroxylation is 1. The Hall–Kier alpha value is -2.14. The smallest absolute Gasteiger partial charge is 0.870 e. The maximum Gasteiger partial charge on any atom is -0.870 e. The number of nitrogens with zero attached hydrogens (tertiary/aromatic N) is 1. The van der Waals surface area contributed by atoms with Crippen LogP contribution in [0.15, 0.2) is 71.0 Å². The number of oxazole rings is 1. The van der Waals surface area contributed by atoms with E-state index in [1.807, 2.05) is 53.1 Å². The maximum atomic E-state index is 11.0. The first-order valence-corrected chi connectivity index (χ1v) is 10.4. The van der Waals surface area contributed by atoms with E-state index in [0.717, 1.165) is 17.0 Å². The number of hydrogen-bond donors (Lipinski definition) is 2. The molecular weight excluding hydrogens is 419 g/mol. The Morgan fingerprint density at radius 2 is 1.83 bits per heavy atom. The number of hydrogen-bond acceptors (Lipinski definition) is 6. The number of allylic oxidation sites excluding steroid dienone is 2. The Morgan fingerprint density at radius 1 is 1.10 bits per heavy atom. The third-order valence-corrected chi connectivity index (χ3v) is 5.08. The Morgan fingerprint density at radius 3 is 2.60 bits per heavy atom. The van der Waals surface area contributed by atoms with Crippen molar-refractivity contribution in [1.29, 1.82) is 0 Å². The van der Waals surface area contributed by atoms with Crippen LogP contribution in [0.3, 0.4) is 0 Å². The molecule has 154 valence electrons. The van der Waals surface area contributed by atoms with E-state index < -0.39 is 10.1 Å². The van der Waals surface area contributed by atoms with Gasteiger partial charge in [-0.2, -0.15) is 13.0 Å². The first-order valence-electron chi connectivity index (χ1n) is 8.78. The molecule has 0 saturated carbocycles. The fourth-order valence-electron chi connectivity index (χ4n) is 3.04. The van der Waals surface area contributed by atoms with Gasteiger partial charge in [0, 0.05) is 12.5 Å². The molecule has 2 aromatic carbocycles. The van der Waals surface area contributed by atoms with Gasteiger partial charge in [-0.1, -0.05) is 24.3 Å². The summed E-state index contributed by atoms with van der Waals surface area (Å²) in [6.45, 7) is 0.396. The molecule has 3 aromatic rings. The molecule has 0 aliphatic carbocycles. The molecule has 0 atom stereocenters. The number of nitrogens with one attached hydrogen (secondary N) is 1. The summed E-state index contributed by atoms with van der Waals surface area (Å²) in [4.78, 5) is 0. The van der Waals surface area contributed by atoms with E-state index >= 15 is 0 Å². The van der Waals surface area contributed by atoms with Crippen LogP contribution in [0.1, 0.15) is 12.3 Å². The van der Waals surface area contributed by atoms with Crippen molar-refractivity contribution < 1.29 is 32.2 Å². The van der Waals surface area contributed by atoms with Crippen LogP contribution in [0.5, 0.6) is 5.75 Å². The predicted octanol–water partition coefficient (Wildman–Crippen LogP) is 2.53. The molecule has 0 saturated heterocycles. The molecule has 0 unspecified atom stereocenters. The third kappa shape index (κ3) is 5.72. The van der Waals surface area contributed by atoms with E-state index in [4.69, 9.17) is 13.7 Å². The normalized spacial score (nSPS) is 14.1. The van der Waals surface area contributed by atoms with E-state index in [2.05, 4.69) is 5.32 Å². The molecule has 8 nitrogen and oxygen atoms in total. The molecule has 4 rings (SSSR count). The van der Waals surface area contributed by atoms with Gasteiger partial charge in [-0.05, 0) is 30.4 Å². The Kier molecular flexibility index (Phi) is 8.25. The van der Waals surface area contributed by atoms with Gasteiger partial charge in [0.25, 0.3) is 15.6 Å². The summed E-state index contributed by atoms with van der Waals surface area (Å²) in [5, 5.41) is 3.17. The zero-order valence-electron chi connectivity index (χ0n) is 15.4. The minimum Gasteiger partial charge on any atom is -0.870 e. The number of ether oxygens (including phenoxy) is 1. The van der Waals surface area contributed by atoms with Gasteiger partial charge in [0.05, 0.1) is 17.5 Å². The standard InChI is InChI=1S/C20H18N2O5S.Na.H2O.H/c23-28(24,25)14-6-13-22-16-8-2-4-10-18(16)27-20(22)12-5-11-19-21-15-7-1-3-9-17(15)26-19;;;/h1-5,7-12H,6,13-14H2,(H,23,24,25);;1H2;. The number of aromatic nitrogens is 1. The largest absolute Gasteiger partial charge is 0.870 e. The molecule has 1 aromatic heterocycles. The topological polar surface area (TPSA) is 123 Å². The van der Waals surface area contributed by atoms with E-state index in [1.54, 1.807) is 18.2 Å². The van der Waals surface area contributed by atoms with Crippen LogP contribution >= 0.6 is 0 Å². The van der Waals surface area contributed by atoms with Crippen LogP contribution in [0.25, 0.3) is 17.2 Å². The van der Waals surface area contributed by atoms with E-state index in [-0.39, 0.29) is 47.2 Å². The Balaban J connectivity index is 0.00000160. The molecule has 30 heavy (non-hydrogen) atoms. The van der Waals surface area contributed by atoms with E-state index in [1.165, 1.54) is 0 Å². The average Bonchev–Trinajstić information content (AvgIpc) is 3.22. The van der Waals surface area contributed by atoms with Crippen LogP contribution in [0.2, 0.25) is 0 Å². The zero-order valence-corrected chi connectivity index (χ0v) is 16.2. The summed E-state index contributed by atoms with van der Waals surface area (Å²) in [5.74, 6) is 1.64. The van der Waals surface area contributed by atoms with Crippen LogP contribution in [-0.4, -0.2) is 53.8 Å². The fourth-order valence-corrected chi connectivity index (χ4v) is 3.54. The Bertz CT molecular complexity index is 1160. The van der Waals surface area contributed by atoms with Crippen molar-refractivity contribution in [3.8, 4) is 5.75 Å². The quantitative estimate of drug-likeness (QED) is 0.343. The van der Waals surface area contributed by atoms with Gasteiger partial charge in [-0.3, -0.25) is 4.55 Å². The number of anilines is 1. The fraction of sp³-hybridized carbons (Fsp3) is 0.150. The molecule has 1 aliphatic heterocycles. The number of benzene rings is 2. The molecule has 1 aliphatic rings. The second-order valence-electron chi connectivity index (χ2n) is 6.31. The van der Waals surface area contributed by atoms with Crippen molar-refractivity contribution in [3.05, 3.63) is 72.5 Å². The van der Waals surface area contributed by atoms with Crippen molar-refractivity contribution in [1.82, 2.24) is 0 Å². The first-order chi connectivity index (χ1) is 13.5. The second-order valence-corrected chi connectivity index (χ2v) is 7.88. The Labute approximate surface area is 196 Å². The zero-order chi connectivity index (χ0) is 19.6. The molecule has 0 amide bonds. The monoisotopic (exact) mass is 440 g/mol. The molecule has 0 fully saturated rings. The number of fused-ring (bicyclic) bond motifs is 2. The molecule has 10 heteroatoms. The minimum absolute atomic E-state index is 0. The second kappa shape index (κ2) is 10.3. The molecule has 2 heterocycles. The van der Waals surface area contributed by atoms with Crippen LogP contribution in [0, 0.1) is 0 Å². The van der Waals surface area contributed by atoms with Gasteiger partial charge in [-0.15, -0.1) is 0 Å². The number of para-hydroxylation sites is 4. The summed E-state index contributed by atoms with van der Waals surface area (Å²) in [5.41, 5.74) is 2.46. The van der Waals surface area contributed by atoms with Crippen molar-refractivity contribution in [2.75, 3.05) is 11.1 Å². The number of rotatable bonds is 6.